The molecule has 0 radical (unpaired) electrons. The van der Waals surface area contributed by atoms with E-state index in [9.17, 15) is 4.79 Å². The molecule has 0 unspecified atom stereocenters. The zero-order chi connectivity index (χ0) is 22.0. The molecule has 1 spiro atoms. The van der Waals surface area contributed by atoms with Crippen molar-refractivity contribution in [1.29, 1.82) is 0 Å². The third kappa shape index (κ3) is 4.20. The predicted octanol–water partition coefficient (Wildman–Crippen LogP) is 4.72. The molecule has 6 nitrogen and oxygen atoms in total. The summed E-state index contributed by atoms with van der Waals surface area (Å²) in [7, 11) is 0. The van der Waals surface area contributed by atoms with E-state index >= 15 is 0 Å². The minimum absolute atomic E-state index is 0.0932. The lowest BCUT2D eigenvalue weighted by molar-refractivity contribution is -0.179. The molecule has 1 N–H and O–H groups in total. The topological polar surface area (TPSA) is 69.7 Å². The molecule has 2 aromatic carbocycles. The van der Waals surface area contributed by atoms with Gasteiger partial charge in [-0.25, -0.2) is 4.98 Å². The van der Waals surface area contributed by atoms with Crippen LogP contribution in [0.3, 0.4) is 0 Å². The van der Waals surface area contributed by atoms with E-state index in [1.54, 1.807) is 0 Å². The van der Waals surface area contributed by atoms with Crippen molar-refractivity contribution < 1.29 is 19.0 Å². The zero-order valence-corrected chi connectivity index (χ0v) is 18.3. The highest BCUT2D eigenvalue weighted by atomic mass is 16.7. The lowest BCUT2D eigenvalue weighted by atomic mass is 9.90. The number of ether oxygens (including phenoxy) is 3. The van der Waals surface area contributed by atoms with Crippen molar-refractivity contribution in [3.05, 3.63) is 60.3 Å². The molecular formula is C26H28N2O4. The number of nitrogens with zero attached hydrogens (tertiary/aromatic N) is 1. The van der Waals surface area contributed by atoms with Crippen molar-refractivity contribution in [3.63, 3.8) is 0 Å². The van der Waals surface area contributed by atoms with E-state index in [4.69, 9.17) is 19.2 Å². The van der Waals surface area contributed by atoms with E-state index in [1.807, 2.05) is 61.5 Å². The second-order valence-corrected chi connectivity index (χ2v) is 8.39. The van der Waals surface area contributed by atoms with Gasteiger partial charge in [-0.2, -0.15) is 0 Å². The average molecular weight is 433 g/mol. The van der Waals surface area contributed by atoms with Gasteiger partial charge in [0.05, 0.1) is 25.5 Å². The Labute approximate surface area is 187 Å². The SMILES string of the molecule is CCOc1ccc(-c2cc3ccccc3c(C(=O)NC3CCC4(CC3)OCCO4)n2)cc1. The number of carbonyl (C=O) groups excluding carboxylic acids is 1. The molecule has 5 rings (SSSR count). The number of benzene rings is 2. The summed E-state index contributed by atoms with van der Waals surface area (Å²) < 4.78 is 17.2. The normalized spacial score (nSPS) is 18.2. The summed E-state index contributed by atoms with van der Waals surface area (Å²) in [6.45, 7) is 3.90. The van der Waals surface area contributed by atoms with E-state index in [2.05, 4.69) is 5.32 Å². The molecule has 32 heavy (non-hydrogen) atoms. The summed E-state index contributed by atoms with van der Waals surface area (Å²) in [5.41, 5.74) is 2.18. The van der Waals surface area contributed by atoms with E-state index in [0.29, 0.717) is 25.5 Å². The fraction of sp³-hybridized carbons (Fsp3) is 0.385. The molecule has 0 bridgehead atoms. The van der Waals surface area contributed by atoms with Crippen LogP contribution in [0.25, 0.3) is 22.0 Å². The first-order valence-corrected chi connectivity index (χ1v) is 11.4. The fourth-order valence-electron chi connectivity index (χ4n) is 4.65. The van der Waals surface area contributed by atoms with Gasteiger partial charge in [-0.1, -0.05) is 24.3 Å². The van der Waals surface area contributed by atoms with Crippen LogP contribution in [0, 0.1) is 0 Å². The van der Waals surface area contributed by atoms with Crippen molar-refractivity contribution in [2.45, 2.75) is 44.4 Å². The van der Waals surface area contributed by atoms with E-state index in [1.165, 1.54) is 0 Å². The smallest absolute Gasteiger partial charge is 0.270 e. The Morgan fingerprint density at radius 3 is 2.53 bits per heavy atom. The molecule has 1 saturated heterocycles. The van der Waals surface area contributed by atoms with Gasteiger partial charge in [0.1, 0.15) is 11.4 Å². The second-order valence-electron chi connectivity index (χ2n) is 8.39. The van der Waals surface area contributed by atoms with Crippen molar-refractivity contribution in [1.82, 2.24) is 10.3 Å². The number of carbonyl (C=O) groups is 1. The quantitative estimate of drug-likeness (QED) is 0.632. The molecule has 166 valence electrons. The minimum Gasteiger partial charge on any atom is -0.494 e. The van der Waals surface area contributed by atoms with Crippen molar-refractivity contribution in [3.8, 4) is 17.0 Å². The largest absolute Gasteiger partial charge is 0.494 e. The predicted molar refractivity (Wildman–Crippen MR) is 123 cm³/mol. The number of hydrogen-bond acceptors (Lipinski definition) is 5. The van der Waals surface area contributed by atoms with Gasteiger partial charge in [-0.05, 0) is 55.5 Å². The van der Waals surface area contributed by atoms with Crippen LogP contribution in [-0.4, -0.2) is 42.5 Å². The van der Waals surface area contributed by atoms with Gasteiger partial charge in [0.15, 0.2) is 5.79 Å². The van der Waals surface area contributed by atoms with E-state index < -0.39 is 5.79 Å². The van der Waals surface area contributed by atoms with Gasteiger partial charge in [-0.15, -0.1) is 0 Å². The molecule has 3 aromatic rings. The Morgan fingerprint density at radius 2 is 1.81 bits per heavy atom. The van der Waals surface area contributed by atoms with Crippen LogP contribution < -0.4 is 10.1 Å². The fourth-order valence-corrected chi connectivity index (χ4v) is 4.65. The van der Waals surface area contributed by atoms with Crippen LogP contribution >= 0.6 is 0 Å². The van der Waals surface area contributed by atoms with Crippen molar-refractivity contribution >= 4 is 16.7 Å². The van der Waals surface area contributed by atoms with Gasteiger partial charge in [0, 0.05) is 29.8 Å². The second kappa shape index (κ2) is 8.88. The summed E-state index contributed by atoms with van der Waals surface area (Å²) >= 11 is 0. The average Bonchev–Trinajstić information content (AvgIpc) is 3.28. The third-order valence-electron chi connectivity index (χ3n) is 6.31. The lowest BCUT2D eigenvalue weighted by Gasteiger charge is -2.35. The van der Waals surface area contributed by atoms with Gasteiger partial charge in [0.2, 0.25) is 0 Å². The van der Waals surface area contributed by atoms with Crippen LogP contribution in [0.1, 0.15) is 43.1 Å². The summed E-state index contributed by atoms with van der Waals surface area (Å²) in [4.78, 5) is 18.1. The Bertz CT molecular complexity index is 1100. The summed E-state index contributed by atoms with van der Waals surface area (Å²) in [6, 6.07) is 17.8. The van der Waals surface area contributed by atoms with Crippen LogP contribution in [0.4, 0.5) is 0 Å². The molecule has 2 heterocycles. The maximum atomic E-state index is 13.3. The molecule has 6 heteroatoms. The monoisotopic (exact) mass is 432 g/mol. The number of amides is 1. The van der Waals surface area contributed by atoms with Gasteiger partial charge >= 0.3 is 0 Å². The van der Waals surface area contributed by atoms with Crippen LogP contribution in [0.5, 0.6) is 5.75 Å². The number of fused-ring (bicyclic) bond motifs is 1. The first-order valence-electron chi connectivity index (χ1n) is 11.4. The van der Waals surface area contributed by atoms with Gasteiger partial charge < -0.3 is 19.5 Å². The number of pyridine rings is 1. The van der Waals surface area contributed by atoms with E-state index in [-0.39, 0.29) is 11.9 Å². The summed E-state index contributed by atoms with van der Waals surface area (Å²) in [5, 5.41) is 5.05. The molecule has 1 aromatic heterocycles. The first kappa shape index (κ1) is 20.9. The Balaban J connectivity index is 1.39. The molecule has 1 aliphatic carbocycles. The Kier molecular flexibility index (Phi) is 5.81. The Hall–Kier alpha value is -2.96. The molecule has 1 amide bonds. The van der Waals surface area contributed by atoms with E-state index in [0.717, 1.165) is 53.5 Å². The highest BCUT2D eigenvalue weighted by Gasteiger charge is 2.40. The molecule has 0 atom stereocenters. The summed E-state index contributed by atoms with van der Waals surface area (Å²) in [5.74, 6) is 0.253. The maximum absolute atomic E-state index is 13.3. The van der Waals surface area contributed by atoms with Crippen LogP contribution in [0.2, 0.25) is 0 Å². The lowest BCUT2D eigenvalue weighted by Crippen LogP contribution is -2.44. The molecule has 1 aliphatic heterocycles. The van der Waals surface area contributed by atoms with Gasteiger partial charge in [-0.3, -0.25) is 4.79 Å². The number of rotatable bonds is 5. The third-order valence-corrected chi connectivity index (χ3v) is 6.31. The molecular weight excluding hydrogens is 404 g/mol. The molecule has 1 saturated carbocycles. The Morgan fingerprint density at radius 1 is 1.09 bits per heavy atom. The highest BCUT2D eigenvalue weighted by Crippen LogP contribution is 2.36. The molecule has 2 aliphatic rings. The number of nitrogens with one attached hydrogen (secondary N) is 1. The highest BCUT2D eigenvalue weighted by molar-refractivity contribution is 6.06. The first-order chi connectivity index (χ1) is 15.7. The summed E-state index contributed by atoms with van der Waals surface area (Å²) in [6.07, 6.45) is 3.28. The zero-order valence-electron chi connectivity index (χ0n) is 18.3. The van der Waals surface area contributed by atoms with Crippen LogP contribution in [-0.2, 0) is 9.47 Å². The van der Waals surface area contributed by atoms with Gasteiger partial charge in [0.25, 0.3) is 5.91 Å². The molecule has 2 fully saturated rings. The van der Waals surface area contributed by atoms with Crippen LogP contribution in [0.15, 0.2) is 54.6 Å². The minimum atomic E-state index is -0.431. The van der Waals surface area contributed by atoms with Crippen molar-refractivity contribution in [2.75, 3.05) is 19.8 Å². The number of hydrogen-bond donors (Lipinski definition) is 1. The number of aromatic nitrogens is 1. The standard InChI is InChI=1S/C26H28N2O4/c1-2-30-21-9-7-18(8-10-21)23-17-19-5-3-4-6-22(19)24(28-23)25(29)27-20-11-13-26(14-12-20)31-15-16-32-26/h3-10,17,20H,2,11-16H2,1H3,(H,27,29). The maximum Gasteiger partial charge on any atom is 0.270 e. The van der Waals surface area contributed by atoms with Crippen molar-refractivity contribution in [2.24, 2.45) is 0 Å².